The Morgan fingerprint density at radius 1 is 0.638 bits per heavy atom. The summed E-state index contributed by atoms with van der Waals surface area (Å²) in [6.07, 6.45) is 1.89. The number of hydrogen-bond donors (Lipinski definition) is 2. The van der Waals surface area contributed by atoms with Gasteiger partial charge in [0.1, 0.15) is 23.7 Å². The van der Waals surface area contributed by atoms with Gasteiger partial charge in [-0.1, -0.05) is 106 Å². The average Bonchev–Trinajstić information content (AvgIpc) is 3.04. The Kier molecular flexibility index (Phi) is 13.5. The van der Waals surface area contributed by atoms with Crippen LogP contribution >= 0.6 is 0 Å². The summed E-state index contributed by atoms with van der Waals surface area (Å²) in [5, 5.41) is 6.78. The Bertz CT molecular complexity index is 1560. The number of nitrogens with one attached hydrogen (secondary N) is 2. The van der Waals surface area contributed by atoms with E-state index in [-0.39, 0.29) is 23.2 Å². The van der Waals surface area contributed by atoms with Crippen LogP contribution in [0.2, 0.25) is 0 Å². The summed E-state index contributed by atoms with van der Waals surface area (Å²) >= 11 is 0. The Morgan fingerprint density at radius 3 is 1.66 bits per heavy atom. The molecule has 0 fully saturated rings. The van der Waals surface area contributed by atoms with E-state index in [1.165, 1.54) is 16.7 Å². The molecule has 4 aromatic rings. The molecule has 4 nitrogen and oxygen atoms in total. The fourth-order valence-corrected chi connectivity index (χ4v) is 5.78. The summed E-state index contributed by atoms with van der Waals surface area (Å²) in [5.41, 5.74) is 7.89. The smallest absolute Gasteiger partial charge is 0.127 e. The molecule has 0 bridgehead atoms. The van der Waals surface area contributed by atoms with Crippen LogP contribution in [0.4, 0.5) is 0 Å². The zero-order chi connectivity index (χ0) is 35.5. The first-order chi connectivity index (χ1) is 22.6. The highest BCUT2D eigenvalue weighted by molar-refractivity contribution is 5.53. The van der Waals surface area contributed by atoms with E-state index in [2.05, 4.69) is 121 Å². The predicted molar refractivity (Wildman–Crippen MR) is 201 cm³/mol. The fraction of sp³-hybridized carbons (Fsp3) is 0.442. The minimum Gasteiger partial charge on any atom is -0.485 e. The van der Waals surface area contributed by atoms with Crippen LogP contribution in [0, 0.1) is 27.7 Å². The van der Waals surface area contributed by atoms with Crippen LogP contribution in [0.25, 0.3) is 0 Å². The van der Waals surface area contributed by atoms with E-state index in [1.807, 2.05) is 51.2 Å². The summed E-state index contributed by atoms with van der Waals surface area (Å²) in [6, 6.07) is 29.7. The van der Waals surface area contributed by atoms with Crippen LogP contribution < -0.4 is 20.1 Å². The normalized spacial score (nSPS) is 13.2. The summed E-state index contributed by atoms with van der Waals surface area (Å²) < 4.78 is 21.5. The SMILES string of the molecule is Cc1ccccc1O[C@H](CCNC(C)(C)C)c1ccccc1.[2H]c1c(C)c(C)c(O[C@H](CCNC)c2ccccc2)c(C(C)(C)C)c1C. The predicted octanol–water partition coefficient (Wildman–Crippen LogP) is 10.5. The van der Waals surface area contributed by atoms with Gasteiger partial charge in [0, 0.05) is 23.9 Å². The molecule has 4 aromatic carbocycles. The van der Waals surface area contributed by atoms with Crippen molar-refractivity contribution in [3.05, 3.63) is 130 Å². The van der Waals surface area contributed by atoms with Crippen molar-refractivity contribution in [2.75, 3.05) is 20.1 Å². The Morgan fingerprint density at radius 2 is 1.15 bits per heavy atom. The van der Waals surface area contributed by atoms with Gasteiger partial charge in [-0.05, 0) is 113 Å². The number of rotatable bonds is 12. The van der Waals surface area contributed by atoms with E-state index < -0.39 is 0 Å². The third-order valence-corrected chi connectivity index (χ3v) is 8.31. The molecule has 4 heteroatoms. The zero-order valence-electron chi connectivity index (χ0n) is 31.9. The quantitative estimate of drug-likeness (QED) is 0.162. The van der Waals surface area contributed by atoms with Crippen molar-refractivity contribution < 1.29 is 10.8 Å². The first-order valence-corrected chi connectivity index (χ1v) is 17.1. The highest BCUT2D eigenvalue weighted by Crippen LogP contribution is 2.40. The molecule has 0 saturated carbocycles. The maximum atomic E-state index is 8.49. The van der Waals surface area contributed by atoms with Gasteiger partial charge >= 0.3 is 0 Å². The lowest BCUT2D eigenvalue weighted by Crippen LogP contribution is -2.37. The van der Waals surface area contributed by atoms with Crippen molar-refractivity contribution in [2.24, 2.45) is 0 Å². The van der Waals surface area contributed by atoms with Crippen LogP contribution in [0.15, 0.2) is 91.0 Å². The highest BCUT2D eigenvalue weighted by Gasteiger charge is 2.26. The summed E-state index contributed by atoms with van der Waals surface area (Å²) in [6.45, 7) is 23.2. The third kappa shape index (κ3) is 11.9. The second kappa shape index (κ2) is 17.5. The minimum absolute atomic E-state index is 0.0150. The van der Waals surface area contributed by atoms with Crippen LogP contribution in [0.1, 0.15) is 107 Å². The van der Waals surface area contributed by atoms with Crippen molar-refractivity contribution in [3.63, 3.8) is 0 Å². The molecular formula is C43H60N2O2. The first kappa shape index (κ1) is 36.2. The Balaban J connectivity index is 0.000000264. The Hall–Kier alpha value is -3.60. The topological polar surface area (TPSA) is 42.5 Å². The molecule has 0 aromatic heterocycles. The second-order valence-corrected chi connectivity index (χ2v) is 14.6. The zero-order valence-corrected chi connectivity index (χ0v) is 30.9. The molecule has 47 heavy (non-hydrogen) atoms. The number of hydrogen-bond acceptors (Lipinski definition) is 4. The molecule has 0 aliphatic heterocycles. The van der Waals surface area contributed by atoms with Gasteiger partial charge in [0.2, 0.25) is 0 Å². The summed E-state index contributed by atoms with van der Waals surface area (Å²) in [4.78, 5) is 0. The lowest BCUT2D eigenvalue weighted by molar-refractivity contribution is 0.188. The molecule has 0 aliphatic carbocycles. The second-order valence-electron chi connectivity index (χ2n) is 14.6. The number of para-hydroxylation sites is 1. The van der Waals surface area contributed by atoms with Gasteiger partial charge in [-0.2, -0.15) is 0 Å². The van der Waals surface area contributed by atoms with Crippen LogP contribution in [0.5, 0.6) is 11.5 Å². The van der Waals surface area contributed by atoms with E-state index in [0.717, 1.165) is 59.7 Å². The molecule has 254 valence electrons. The molecule has 0 heterocycles. The van der Waals surface area contributed by atoms with Gasteiger partial charge in [0.15, 0.2) is 0 Å². The van der Waals surface area contributed by atoms with Crippen molar-refractivity contribution in [3.8, 4) is 11.5 Å². The monoisotopic (exact) mass is 637 g/mol. The minimum atomic E-state index is -0.0854. The van der Waals surface area contributed by atoms with E-state index >= 15 is 0 Å². The molecule has 0 radical (unpaired) electrons. The maximum Gasteiger partial charge on any atom is 0.127 e. The number of ether oxygens (including phenoxy) is 2. The van der Waals surface area contributed by atoms with Crippen molar-refractivity contribution in [1.29, 1.82) is 0 Å². The van der Waals surface area contributed by atoms with Gasteiger partial charge in [-0.25, -0.2) is 0 Å². The number of aryl methyl sites for hydroxylation is 1. The lowest BCUT2D eigenvalue weighted by atomic mass is 9.81. The standard InChI is InChI=1S/C23H33NO.C20H27NO/c1-16-15-17(2)21(23(4,5)6)22(18(16)3)25-20(13-14-24-7)19-11-9-8-10-12-19;1-16-10-8-9-13-18(16)22-19(14-15-21-20(2,3)4)17-11-6-5-7-12-17/h8-12,15,20,24H,13-14H2,1-7H3;5-13,19,21H,14-15H2,1-4H3/t20-;19-/m11/s1/i15D;. The third-order valence-electron chi connectivity index (χ3n) is 8.31. The van der Waals surface area contributed by atoms with Crippen LogP contribution in [-0.4, -0.2) is 25.7 Å². The number of benzene rings is 4. The van der Waals surface area contributed by atoms with Crippen LogP contribution in [0.3, 0.4) is 0 Å². The molecule has 4 rings (SSSR count). The first-order valence-electron chi connectivity index (χ1n) is 17.6. The van der Waals surface area contributed by atoms with E-state index in [4.69, 9.17) is 10.8 Å². The largest absolute Gasteiger partial charge is 0.485 e. The average molecular weight is 638 g/mol. The van der Waals surface area contributed by atoms with E-state index in [9.17, 15) is 0 Å². The molecule has 0 saturated heterocycles. The van der Waals surface area contributed by atoms with Gasteiger partial charge < -0.3 is 20.1 Å². The van der Waals surface area contributed by atoms with Crippen molar-refractivity contribution in [2.45, 2.75) is 105 Å². The molecule has 0 spiro atoms. The molecular weight excluding hydrogens is 576 g/mol. The molecule has 0 unspecified atom stereocenters. The molecule has 2 N–H and O–H groups in total. The fourth-order valence-electron chi connectivity index (χ4n) is 5.78. The Labute approximate surface area is 287 Å². The van der Waals surface area contributed by atoms with Crippen molar-refractivity contribution >= 4 is 0 Å². The van der Waals surface area contributed by atoms with E-state index in [1.54, 1.807) is 0 Å². The lowest BCUT2D eigenvalue weighted by Gasteiger charge is -2.30. The molecule has 0 aliphatic rings. The molecule has 2 atom stereocenters. The van der Waals surface area contributed by atoms with Gasteiger partial charge in [0.25, 0.3) is 0 Å². The van der Waals surface area contributed by atoms with Gasteiger partial charge in [-0.15, -0.1) is 0 Å². The highest BCUT2D eigenvalue weighted by atomic mass is 16.5. The molecule has 0 amide bonds. The van der Waals surface area contributed by atoms with Crippen molar-refractivity contribution in [1.82, 2.24) is 10.6 Å². The van der Waals surface area contributed by atoms with Crippen LogP contribution in [-0.2, 0) is 5.41 Å². The van der Waals surface area contributed by atoms with E-state index in [0.29, 0.717) is 6.04 Å². The van der Waals surface area contributed by atoms with Gasteiger partial charge in [0.05, 0.1) is 1.37 Å². The maximum absolute atomic E-state index is 8.49. The summed E-state index contributed by atoms with van der Waals surface area (Å²) in [5.74, 6) is 1.92. The summed E-state index contributed by atoms with van der Waals surface area (Å²) in [7, 11) is 1.97. The van der Waals surface area contributed by atoms with Gasteiger partial charge in [-0.3, -0.25) is 0 Å².